The van der Waals surface area contributed by atoms with E-state index in [-0.39, 0.29) is 11.9 Å². The second-order valence-corrected chi connectivity index (χ2v) is 4.80. The molecule has 19 heavy (non-hydrogen) atoms. The highest BCUT2D eigenvalue weighted by Crippen LogP contribution is 2.28. The fourth-order valence-corrected chi connectivity index (χ4v) is 2.37. The summed E-state index contributed by atoms with van der Waals surface area (Å²) in [6.45, 7) is 5.96. The van der Waals surface area contributed by atoms with Crippen LogP contribution in [0, 0.1) is 0 Å². The third-order valence-electron chi connectivity index (χ3n) is 2.81. The number of rotatable bonds is 7. The van der Waals surface area contributed by atoms with E-state index < -0.39 is 0 Å². The molecule has 0 aromatic heterocycles. The van der Waals surface area contributed by atoms with Crippen LogP contribution in [0.15, 0.2) is 36.4 Å². The van der Waals surface area contributed by atoms with Crippen LogP contribution in [0.4, 0.5) is 0 Å². The normalized spacial score (nSPS) is 11.7. The van der Waals surface area contributed by atoms with Gasteiger partial charge in [-0.2, -0.15) is 0 Å². The van der Waals surface area contributed by atoms with Crippen molar-refractivity contribution in [1.82, 2.24) is 0 Å². The molecule has 0 amide bonds. The van der Waals surface area contributed by atoms with Gasteiger partial charge in [0.2, 0.25) is 0 Å². The van der Waals surface area contributed by atoms with Crippen molar-refractivity contribution in [2.45, 2.75) is 19.3 Å². The zero-order chi connectivity index (χ0) is 14.3. The van der Waals surface area contributed by atoms with E-state index in [1.807, 2.05) is 24.3 Å². The number of methoxy groups -OCH3 is 1. The predicted molar refractivity (Wildman–Crippen MR) is 79.9 cm³/mol. The molecule has 0 aliphatic carbocycles. The summed E-state index contributed by atoms with van der Waals surface area (Å²) in [5, 5.41) is 0.749. The standard InChI is InChI=1S/C15H19BrO3/c1-4-19-15(17)11(2)8-13(10-16)12-6-5-7-14(9-12)18-3/h5-7,9,13H,2,4,8,10H2,1,3H3. The molecule has 1 atom stereocenters. The van der Waals surface area contributed by atoms with Gasteiger partial charge in [0.15, 0.2) is 0 Å². The van der Waals surface area contributed by atoms with Crippen molar-refractivity contribution in [3.63, 3.8) is 0 Å². The van der Waals surface area contributed by atoms with Gasteiger partial charge < -0.3 is 9.47 Å². The first-order chi connectivity index (χ1) is 9.12. The van der Waals surface area contributed by atoms with E-state index in [9.17, 15) is 4.79 Å². The van der Waals surface area contributed by atoms with Crippen LogP contribution in [0.25, 0.3) is 0 Å². The Bertz CT molecular complexity index is 443. The van der Waals surface area contributed by atoms with Gasteiger partial charge >= 0.3 is 5.97 Å². The van der Waals surface area contributed by atoms with Crippen molar-refractivity contribution >= 4 is 21.9 Å². The van der Waals surface area contributed by atoms with Crippen molar-refractivity contribution < 1.29 is 14.3 Å². The number of benzene rings is 1. The average Bonchev–Trinajstić information content (AvgIpc) is 2.44. The van der Waals surface area contributed by atoms with Crippen LogP contribution >= 0.6 is 15.9 Å². The number of carbonyl (C=O) groups excluding carboxylic acids is 1. The average molecular weight is 327 g/mol. The van der Waals surface area contributed by atoms with Gasteiger partial charge in [-0.3, -0.25) is 0 Å². The Morgan fingerprint density at radius 1 is 1.47 bits per heavy atom. The Morgan fingerprint density at radius 2 is 2.21 bits per heavy atom. The first kappa shape index (κ1) is 15.8. The number of esters is 1. The molecular weight excluding hydrogens is 308 g/mol. The van der Waals surface area contributed by atoms with Crippen molar-refractivity contribution in [3.8, 4) is 5.75 Å². The molecule has 0 saturated carbocycles. The Hall–Kier alpha value is -1.29. The van der Waals surface area contributed by atoms with E-state index in [0.29, 0.717) is 18.6 Å². The lowest BCUT2D eigenvalue weighted by Crippen LogP contribution is -2.11. The lowest BCUT2D eigenvalue weighted by atomic mass is 9.94. The maximum absolute atomic E-state index is 11.6. The summed E-state index contributed by atoms with van der Waals surface area (Å²) in [4.78, 5) is 11.6. The van der Waals surface area contributed by atoms with Gasteiger partial charge in [0.05, 0.1) is 13.7 Å². The third kappa shape index (κ3) is 4.71. The highest BCUT2D eigenvalue weighted by molar-refractivity contribution is 9.09. The van der Waals surface area contributed by atoms with Crippen molar-refractivity contribution in [1.29, 1.82) is 0 Å². The van der Waals surface area contributed by atoms with Gasteiger partial charge in [0.25, 0.3) is 0 Å². The summed E-state index contributed by atoms with van der Waals surface area (Å²) in [7, 11) is 1.64. The molecule has 0 bridgehead atoms. The number of halogens is 1. The van der Waals surface area contributed by atoms with Crippen LogP contribution in [0.1, 0.15) is 24.8 Å². The minimum Gasteiger partial charge on any atom is -0.497 e. The van der Waals surface area contributed by atoms with E-state index in [0.717, 1.165) is 16.6 Å². The van der Waals surface area contributed by atoms with E-state index in [2.05, 4.69) is 22.5 Å². The molecule has 0 aliphatic rings. The molecule has 0 aliphatic heterocycles. The Labute approximate surface area is 122 Å². The molecule has 0 heterocycles. The Morgan fingerprint density at radius 3 is 2.79 bits per heavy atom. The fourth-order valence-electron chi connectivity index (χ4n) is 1.77. The zero-order valence-electron chi connectivity index (χ0n) is 11.3. The monoisotopic (exact) mass is 326 g/mol. The highest BCUT2D eigenvalue weighted by Gasteiger charge is 2.17. The molecule has 1 rings (SSSR count). The van der Waals surface area contributed by atoms with E-state index in [4.69, 9.17) is 9.47 Å². The first-order valence-electron chi connectivity index (χ1n) is 6.17. The molecule has 0 fully saturated rings. The number of alkyl halides is 1. The summed E-state index contributed by atoms with van der Waals surface area (Å²) in [5.74, 6) is 0.661. The van der Waals surface area contributed by atoms with Crippen LogP contribution in [0.3, 0.4) is 0 Å². The quantitative estimate of drug-likeness (QED) is 0.435. The van der Waals surface area contributed by atoms with Gasteiger partial charge in [0, 0.05) is 10.9 Å². The number of ether oxygens (including phenoxy) is 2. The van der Waals surface area contributed by atoms with E-state index >= 15 is 0 Å². The second kappa shape index (κ2) is 8.00. The topological polar surface area (TPSA) is 35.5 Å². The molecule has 1 unspecified atom stereocenters. The van der Waals surface area contributed by atoms with E-state index in [1.54, 1.807) is 14.0 Å². The summed E-state index contributed by atoms with van der Waals surface area (Å²) < 4.78 is 10.2. The summed E-state index contributed by atoms with van der Waals surface area (Å²) in [5.41, 5.74) is 1.61. The number of hydrogen-bond donors (Lipinski definition) is 0. The number of hydrogen-bond acceptors (Lipinski definition) is 3. The highest BCUT2D eigenvalue weighted by atomic mass is 79.9. The lowest BCUT2D eigenvalue weighted by Gasteiger charge is -2.16. The largest absolute Gasteiger partial charge is 0.497 e. The SMILES string of the molecule is C=C(CC(CBr)c1cccc(OC)c1)C(=O)OCC. The molecule has 0 saturated heterocycles. The van der Waals surface area contributed by atoms with Crippen molar-refractivity contribution in [2.75, 3.05) is 19.0 Å². The van der Waals surface area contributed by atoms with Crippen LogP contribution in [0.2, 0.25) is 0 Å². The summed E-state index contributed by atoms with van der Waals surface area (Å²) in [6.07, 6.45) is 0.567. The first-order valence-corrected chi connectivity index (χ1v) is 7.29. The van der Waals surface area contributed by atoms with Crippen LogP contribution in [0.5, 0.6) is 5.75 Å². The van der Waals surface area contributed by atoms with Gasteiger partial charge in [-0.1, -0.05) is 34.6 Å². The van der Waals surface area contributed by atoms with Gasteiger partial charge in [-0.15, -0.1) is 0 Å². The maximum atomic E-state index is 11.6. The van der Waals surface area contributed by atoms with Crippen LogP contribution < -0.4 is 4.74 Å². The molecule has 0 N–H and O–H groups in total. The molecule has 3 nitrogen and oxygen atoms in total. The maximum Gasteiger partial charge on any atom is 0.333 e. The third-order valence-corrected chi connectivity index (χ3v) is 3.59. The molecule has 104 valence electrons. The molecule has 0 radical (unpaired) electrons. The van der Waals surface area contributed by atoms with Gasteiger partial charge in [-0.25, -0.2) is 4.79 Å². The molecule has 1 aromatic carbocycles. The second-order valence-electron chi connectivity index (χ2n) is 4.16. The number of carbonyl (C=O) groups is 1. The predicted octanol–water partition coefficient (Wildman–Crippen LogP) is 3.68. The van der Waals surface area contributed by atoms with Crippen LogP contribution in [-0.2, 0) is 9.53 Å². The summed E-state index contributed by atoms with van der Waals surface area (Å²) >= 11 is 3.48. The fraction of sp³-hybridized carbons (Fsp3) is 0.400. The molecule has 1 aromatic rings. The molecule has 4 heteroatoms. The van der Waals surface area contributed by atoms with Crippen molar-refractivity contribution in [3.05, 3.63) is 42.0 Å². The lowest BCUT2D eigenvalue weighted by molar-refractivity contribution is -0.138. The van der Waals surface area contributed by atoms with E-state index in [1.165, 1.54) is 0 Å². The Balaban J connectivity index is 2.77. The minimum absolute atomic E-state index is 0.173. The van der Waals surface area contributed by atoms with Crippen molar-refractivity contribution in [2.24, 2.45) is 0 Å². The smallest absolute Gasteiger partial charge is 0.333 e. The summed E-state index contributed by atoms with van der Waals surface area (Å²) in [6, 6.07) is 7.84. The van der Waals surface area contributed by atoms with Gasteiger partial charge in [0.1, 0.15) is 5.75 Å². The molecule has 0 spiro atoms. The minimum atomic E-state index is -0.323. The Kier molecular flexibility index (Phi) is 6.64. The molecular formula is C15H19BrO3. The van der Waals surface area contributed by atoms with Gasteiger partial charge in [-0.05, 0) is 37.0 Å². The van der Waals surface area contributed by atoms with Crippen LogP contribution in [-0.4, -0.2) is 25.0 Å². The zero-order valence-corrected chi connectivity index (χ0v) is 12.9.